The van der Waals surface area contributed by atoms with Crippen molar-refractivity contribution in [2.75, 3.05) is 26.8 Å². The van der Waals surface area contributed by atoms with Crippen molar-refractivity contribution in [3.05, 3.63) is 11.3 Å². The number of nitrogens with one attached hydrogen (secondary N) is 1. The minimum absolute atomic E-state index is 0.0275. The molecular weight excluding hydrogens is 256 g/mol. The van der Waals surface area contributed by atoms with Crippen LogP contribution in [0.2, 0.25) is 0 Å². The predicted octanol–water partition coefficient (Wildman–Crippen LogP) is 0.896. The number of hydrogen-bond acceptors (Lipinski definition) is 5. The zero-order chi connectivity index (χ0) is 14.8. The van der Waals surface area contributed by atoms with Crippen LogP contribution in [-0.2, 0) is 11.8 Å². The first-order valence-electron chi connectivity index (χ1n) is 7.15. The van der Waals surface area contributed by atoms with Crippen molar-refractivity contribution in [1.29, 1.82) is 0 Å². The van der Waals surface area contributed by atoms with E-state index in [1.807, 2.05) is 14.0 Å². The number of methoxy groups -OCH3 is 1. The van der Waals surface area contributed by atoms with Gasteiger partial charge in [-0.15, -0.1) is 0 Å². The molecule has 2 unspecified atom stereocenters. The topological polar surface area (TPSA) is 74.3 Å². The molecule has 2 rings (SSSR count). The average molecular weight is 282 g/mol. The van der Waals surface area contributed by atoms with Crippen molar-refractivity contribution in [3.8, 4) is 5.88 Å². The third kappa shape index (κ3) is 2.97. The molecule has 1 aromatic rings. The summed E-state index contributed by atoms with van der Waals surface area (Å²) in [4.78, 5) is 0. The lowest BCUT2D eigenvalue weighted by molar-refractivity contribution is 0.0188. The van der Waals surface area contributed by atoms with E-state index < -0.39 is 0 Å². The van der Waals surface area contributed by atoms with Crippen molar-refractivity contribution in [3.63, 3.8) is 0 Å². The summed E-state index contributed by atoms with van der Waals surface area (Å²) >= 11 is 0. The summed E-state index contributed by atoms with van der Waals surface area (Å²) < 4.78 is 13.0. The fourth-order valence-corrected chi connectivity index (χ4v) is 2.92. The van der Waals surface area contributed by atoms with E-state index in [0.717, 1.165) is 43.1 Å². The van der Waals surface area contributed by atoms with E-state index in [4.69, 9.17) is 15.2 Å². The summed E-state index contributed by atoms with van der Waals surface area (Å²) in [6, 6.07) is 0.0275. The number of nitrogens with two attached hydrogens (primary N) is 1. The van der Waals surface area contributed by atoms with Gasteiger partial charge in [-0.3, -0.25) is 0 Å². The van der Waals surface area contributed by atoms with Crippen molar-refractivity contribution in [2.45, 2.75) is 38.3 Å². The minimum Gasteiger partial charge on any atom is -0.481 e. The van der Waals surface area contributed by atoms with Gasteiger partial charge in [0.1, 0.15) is 0 Å². The maximum atomic E-state index is 5.94. The molecule has 1 aliphatic heterocycles. The molecule has 0 spiro atoms. The molecule has 0 aliphatic carbocycles. The lowest BCUT2D eigenvalue weighted by atomic mass is 10.0. The van der Waals surface area contributed by atoms with Gasteiger partial charge < -0.3 is 20.5 Å². The SMILES string of the molecule is COc1c(C(CN)NCC2(C)CCCO2)c(C)nn1C. The van der Waals surface area contributed by atoms with E-state index in [9.17, 15) is 0 Å². The van der Waals surface area contributed by atoms with Crippen LogP contribution in [0.25, 0.3) is 0 Å². The molecule has 114 valence electrons. The van der Waals surface area contributed by atoms with Crippen LogP contribution in [0.3, 0.4) is 0 Å². The van der Waals surface area contributed by atoms with E-state index in [2.05, 4.69) is 17.3 Å². The van der Waals surface area contributed by atoms with Crippen LogP contribution in [0.15, 0.2) is 0 Å². The Balaban J connectivity index is 2.12. The molecule has 0 amide bonds. The zero-order valence-corrected chi connectivity index (χ0v) is 12.9. The summed E-state index contributed by atoms with van der Waals surface area (Å²) in [7, 11) is 3.54. The maximum absolute atomic E-state index is 5.94. The van der Waals surface area contributed by atoms with Crippen LogP contribution >= 0.6 is 0 Å². The highest BCUT2D eigenvalue weighted by atomic mass is 16.5. The van der Waals surface area contributed by atoms with Gasteiger partial charge >= 0.3 is 0 Å². The molecule has 2 atom stereocenters. The average Bonchev–Trinajstić information content (AvgIpc) is 2.95. The van der Waals surface area contributed by atoms with E-state index in [-0.39, 0.29) is 11.6 Å². The standard InChI is InChI=1S/C14H26N4O2/c1-10-12(13(19-4)18(3)17-10)11(8-15)16-9-14(2)6-5-7-20-14/h11,16H,5-9,15H2,1-4H3. The van der Waals surface area contributed by atoms with Crippen LogP contribution < -0.4 is 15.8 Å². The Hall–Kier alpha value is -1.11. The Morgan fingerprint density at radius 1 is 1.60 bits per heavy atom. The maximum Gasteiger partial charge on any atom is 0.216 e. The molecule has 3 N–H and O–H groups in total. The first-order valence-corrected chi connectivity index (χ1v) is 7.15. The number of rotatable bonds is 6. The Morgan fingerprint density at radius 3 is 2.90 bits per heavy atom. The van der Waals surface area contributed by atoms with Gasteiger partial charge in [-0.2, -0.15) is 5.10 Å². The number of aromatic nitrogens is 2. The van der Waals surface area contributed by atoms with E-state index in [0.29, 0.717) is 6.54 Å². The number of ether oxygens (including phenoxy) is 2. The van der Waals surface area contributed by atoms with Gasteiger partial charge in [-0.25, -0.2) is 4.68 Å². The molecule has 6 heteroatoms. The van der Waals surface area contributed by atoms with Crippen molar-refractivity contribution in [1.82, 2.24) is 15.1 Å². The van der Waals surface area contributed by atoms with Crippen LogP contribution in [0, 0.1) is 6.92 Å². The largest absolute Gasteiger partial charge is 0.481 e. The second kappa shape index (κ2) is 6.11. The molecule has 1 saturated heterocycles. The summed E-state index contributed by atoms with van der Waals surface area (Å²) in [5.74, 6) is 0.767. The van der Waals surface area contributed by atoms with Gasteiger partial charge in [-0.1, -0.05) is 0 Å². The smallest absolute Gasteiger partial charge is 0.216 e. The molecule has 0 saturated carbocycles. The van der Waals surface area contributed by atoms with Gasteiger partial charge in [0.05, 0.1) is 30.0 Å². The summed E-state index contributed by atoms with van der Waals surface area (Å²) in [5.41, 5.74) is 7.84. The molecule has 1 fully saturated rings. The van der Waals surface area contributed by atoms with Crippen LogP contribution in [-0.4, -0.2) is 42.2 Å². The Morgan fingerprint density at radius 2 is 2.35 bits per heavy atom. The summed E-state index contributed by atoms with van der Waals surface area (Å²) in [6.45, 7) is 6.26. The molecular formula is C14H26N4O2. The van der Waals surface area contributed by atoms with E-state index in [1.54, 1.807) is 11.8 Å². The predicted molar refractivity (Wildman–Crippen MR) is 77.9 cm³/mol. The third-order valence-corrected chi connectivity index (χ3v) is 4.01. The Kier molecular flexibility index (Phi) is 4.67. The highest BCUT2D eigenvalue weighted by Crippen LogP contribution is 2.29. The lowest BCUT2D eigenvalue weighted by Gasteiger charge is -2.27. The summed E-state index contributed by atoms with van der Waals surface area (Å²) in [5, 5.41) is 7.93. The highest BCUT2D eigenvalue weighted by molar-refractivity contribution is 5.34. The molecule has 0 bridgehead atoms. The first kappa shape index (κ1) is 15.3. The van der Waals surface area contributed by atoms with E-state index in [1.165, 1.54) is 0 Å². The molecule has 0 aromatic carbocycles. The summed E-state index contributed by atoms with van der Waals surface area (Å²) in [6.07, 6.45) is 2.21. The van der Waals surface area contributed by atoms with Gasteiger partial charge in [0.25, 0.3) is 0 Å². The fraction of sp³-hybridized carbons (Fsp3) is 0.786. The van der Waals surface area contributed by atoms with Crippen molar-refractivity contribution >= 4 is 0 Å². The zero-order valence-electron chi connectivity index (χ0n) is 12.9. The molecule has 6 nitrogen and oxygen atoms in total. The van der Waals surface area contributed by atoms with Gasteiger partial charge in [0, 0.05) is 26.7 Å². The monoisotopic (exact) mass is 282 g/mol. The Bertz CT molecular complexity index is 452. The highest BCUT2D eigenvalue weighted by Gasteiger charge is 2.31. The number of hydrogen-bond donors (Lipinski definition) is 2. The fourth-order valence-electron chi connectivity index (χ4n) is 2.92. The molecule has 1 aromatic heterocycles. The quantitative estimate of drug-likeness (QED) is 0.811. The van der Waals surface area contributed by atoms with Crippen LogP contribution in [0.1, 0.15) is 37.1 Å². The second-order valence-electron chi connectivity index (χ2n) is 5.70. The number of aryl methyl sites for hydroxylation is 2. The van der Waals surface area contributed by atoms with Gasteiger partial charge in [0.15, 0.2) is 0 Å². The third-order valence-electron chi connectivity index (χ3n) is 4.01. The van der Waals surface area contributed by atoms with Crippen molar-refractivity contribution in [2.24, 2.45) is 12.8 Å². The minimum atomic E-state index is -0.0865. The van der Waals surface area contributed by atoms with Crippen molar-refractivity contribution < 1.29 is 9.47 Å². The molecule has 1 aliphatic rings. The van der Waals surface area contributed by atoms with Gasteiger partial charge in [-0.05, 0) is 26.7 Å². The van der Waals surface area contributed by atoms with Gasteiger partial charge in [0.2, 0.25) is 5.88 Å². The van der Waals surface area contributed by atoms with E-state index >= 15 is 0 Å². The van der Waals surface area contributed by atoms with Crippen LogP contribution in [0.4, 0.5) is 0 Å². The Labute approximate surface area is 120 Å². The molecule has 20 heavy (non-hydrogen) atoms. The lowest BCUT2D eigenvalue weighted by Crippen LogP contribution is -2.41. The number of nitrogens with zero attached hydrogens (tertiary/aromatic N) is 2. The molecule has 0 radical (unpaired) electrons. The normalized spacial score (nSPS) is 24.1. The molecule has 2 heterocycles. The first-order chi connectivity index (χ1) is 9.50. The second-order valence-corrected chi connectivity index (χ2v) is 5.70. The van der Waals surface area contributed by atoms with Crippen LogP contribution in [0.5, 0.6) is 5.88 Å².